The van der Waals surface area contributed by atoms with Gasteiger partial charge in [0.1, 0.15) is 10.8 Å². The molecule has 0 aromatic carbocycles. The minimum atomic E-state index is -0.123. The van der Waals surface area contributed by atoms with Crippen molar-refractivity contribution < 1.29 is 0 Å². The summed E-state index contributed by atoms with van der Waals surface area (Å²) in [6, 6.07) is 1.56. The molecule has 0 N–H and O–H groups in total. The molecule has 3 aromatic rings. The summed E-state index contributed by atoms with van der Waals surface area (Å²) in [4.78, 5) is 17.4. The van der Waals surface area contributed by atoms with Crippen molar-refractivity contribution in [3.05, 3.63) is 32.9 Å². The van der Waals surface area contributed by atoms with Crippen LogP contribution >= 0.6 is 23.1 Å². The number of nitrogens with zero attached hydrogens (tertiary/aromatic N) is 6. The van der Waals surface area contributed by atoms with Crippen LogP contribution in [0.3, 0.4) is 0 Å². The Morgan fingerprint density at radius 1 is 1.33 bits per heavy atom. The smallest absolute Gasteiger partial charge is 0.275 e. The van der Waals surface area contributed by atoms with Crippen LogP contribution in [0.25, 0.3) is 4.96 Å². The number of aryl methyl sites for hydroxylation is 1. The van der Waals surface area contributed by atoms with Crippen molar-refractivity contribution in [3.8, 4) is 0 Å². The van der Waals surface area contributed by atoms with Gasteiger partial charge in [-0.3, -0.25) is 4.79 Å². The number of hydrogen-bond acceptors (Lipinski definition) is 7. The van der Waals surface area contributed by atoms with Gasteiger partial charge in [-0.05, 0) is 26.2 Å². The van der Waals surface area contributed by atoms with Gasteiger partial charge >= 0.3 is 0 Å². The van der Waals surface area contributed by atoms with Gasteiger partial charge in [-0.25, -0.2) is 4.98 Å². The Morgan fingerprint density at radius 3 is 2.88 bits per heavy atom. The van der Waals surface area contributed by atoms with E-state index in [1.54, 1.807) is 17.8 Å². The largest absolute Gasteiger partial charge is 0.306 e. The first kappa shape index (κ1) is 15.8. The molecule has 0 amide bonds. The Kier molecular flexibility index (Phi) is 4.13. The third-order valence-corrected chi connectivity index (χ3v) is 6.05. The first-order valence-electron chi connectivity index (χ1n) is 8.14. The fraction of sp³-hybridized carbons (Fsp3) is 0.533. The van der Waals surface area contributed by atoms with E-state index in [0.29, 0.717) is 16.6 Å². The molecular weight excluding hydrogens is 344 g/mol. The molecule has 9 heteroatoms. The van der Waals surface area contributed by atoms with Crippen LogP contribution in [-0.4, -0.2) is 29.4 Å². The molecule has 0 aliphatic heterocycles. The van der Waals surface area contributed by atoms with Crippen LogP contribution in [0.2, 0.25) is 0 Å². The second kappa shape index (κ2) is 6.29. The Balaban J connectivity index is 1.57. The van der Waals surface area contributed by atoms with E-state index in [1.807, 2.05) is 6.92 Å². The number of thioether (sulfide) groups is 1. The van der Waals surface area contributed by atoms with E-state index < -0.39 is 0 Å². The molecule has 126 valence electrons. The van der Waals surface area contributed by atoms with Gasteiger partial charge in [-0.1, -0.05) is 30.0 Å². The quantitative estimate of drug-likeness (QED) is 0.627. The molecule has 1 aliphatic rings. The number of rotatable bonds is 6. The topological polar surface area (TPSA) is 78.0 Å². The lowest BCUT2D eigenvalue weighted by Gasteiger charge is -2.06. The van der Waals surface area contributed by atoms with Crippen LogP contribution < -0.4 is 5.56 Å². The number of fused-ring (bicyclic) bond motifs is 1. The summed E-state index contributed by atoms with van der Waals surface area (Å²) in [5, 5.41) is 14.8. The predicted molar refractivity (Wildman–Crippen MR) is 93.7 cm³/mol. The maximum atomic E-state index is 12.2. The van der Waals surface area contributed by atoms with E-state index >= 15 is 0 Å². The molecule has 24 heavy (non-hydrogen) atoms. The Hall–Kier alpha value is -1.74. The molecule has 0 bridgehead atoms. The Morgan fingerprint density at radius 2 is 2.17 bits per heavy atom. The average Bonchev–Trinajstić information content (AvgIpc) is 3.20. The lowest BCUT2D eigenvalue weighted by Crippen LogP contribution is -2.15. The highest BCUT2D eigenvalue weighted by Crippen LogP contribution is 2.40. The highest BCUT2D eigenvalue weighted by Gasteiger charge is 2.29. The molecule has 3 heterocycles. The molecule has 3 aromatic heterocycles. The first-order valence-corrected chi connectivity index (χ1v) is 9.94. The summed E-state index contributed by atoms with van der Waals surface area (Å²) >= 11 is 3.05. The highest BCUT2D eigenvalue weighted by atomic mass is 32.2. The number of aromatic nitrogens is 6. The van der Waals surface area contributed by atoms with Crippen LogP contribution in [0.5, 0.6) is 0 Å². The number of hydrogen-bond donors (Lipinski definition) is 0. The standard InChI is InChI=1S/C15H18N6OS2/c1-3-11-19-21-12(22)7-10(16-14(21)24-11)8-23-15-18-17-13(9-5-6-9)20(15)4-2/h7,9H,3-6,8H2,1-2H3. The van der Waals surface area contributed by atoms with Gasteiger partial charge in [-0.2, -0.15) is 9.61 Å². The third-order valence-electron chi connectivity index (χ3n) is 4.00. The normalized spacial score (nSPS) is 14.6. The van der Waals surface area contributed by atoms with Gasteiger partial charge < -0.3 is 4.57 Å². The first-order chi connectivity index (χ1) is 11.7. The van der Waals surface area contributed by atoms with Crippen molar-refractivity contribution >= 4 is 28.1 Å². The maximum absolute atomic E-state index is 12.2. The summed E-state index contributed by atoms with van der Waals surface area (Å²) in [5.74, 6) is 2.28. The SMILES string of the molecule is CCc1nn2c(=O)cc(CSc3nnc(C4CC4)n3CC)nc2s1. The van der Waals surface area contributed by atoms with Crippen molar-refractivity contribution in [1.82, 2.24) is 29.4 Å². The van der Waals surface area contributed by atoms with Crippen LogP contribution in [0.4, 0.5) is 0 Å². The van der Waals surface area contributed by atoms with Crippen LogP contribution in [-0.2, 0) is 18.7 Å². The zero-order valence-electron chi connectivity index (χ0n) is 13.6. The van der Waals surface area contributed by atoms with Gasteiger partial charge in [0.2, 0.25) is 4.96 Å². The van der Waals surface area contributed by atoms with E-state index in [0.717, 1.165) is 34.6 Å². The molecule has 0 atom stereocenters. The summed E-state index contributed by atoms with van der Waals surface area (Å²) in [5.41, 5.74) is 0.636. The molecule has 1 saturated carbocycles. The molecule has 7 nitrogen and oxygen atoms in total. The van der Waals surface area contributed by atoms with Crippen molar-refractivity contribution in [2.45, 2.75) is 56.5 Å². The molecule has 0 radical (unpaired) electrons. The lowest BCUT2D eigenvalue weighted by molar-refractivity contribution is 0.643. The van der Waals surface area contributed by atoms with Crippen molar-refractivity contribution in [3.63, 3.8) is 0 Å². The van der Waals surface area contributed by atoms with Crippen molar-refractivity contribution in [2.24, 2.45) is 0 Å². The predicted octanol–water partition coefficient (Wildman–Crippen LogP) is 2.49. The summed E-state index contributed by atoms with van der Waals surface area (Å²) < 4.78 is 3.56. The molecule has 1 aliphatic carbocycles. The van der Waals surface area contributed by atoms with Crippen LogP contribution in [0.15, 0.2) is 16.0 Å². The van der Waals surface area contributed by atoms with E-state index in [-0.39, 0.29) is 5.56 Å². The van der Waals surface area contributed by atoms with E-state index in [9.17, 15) is 4.79 Å². The Labute approximate surface area is 147 Å². The summed E-state index contributed by atoms with van der Waals surface area (Å²) in [6.07, 6.45) is 3.23. The fourth-order valence-electron chi connectivity index (χ4n) is 2.60. The van der Waals surface area contributed by atoms with Crippen molar-refractivity contribution in [1.29, 1.82) is 0 Å². The Bertz CT molecular complexity index is 939. The molecule has 1 fully saturated rings. The van der Waals surface area contributed by atoms with Crippen LogP contribution in [0, 0.1) is 0 Å². The average molecular weight is 362 g/mol. The lowest BCUT2D eigenvalue weighted by atomic mass is 10.4. The van der Waals surface area contributed by atoms with E-state index in [1.165, 1.54) is 28.7 Å². The van der Waals surface area contributed by atoms with Crippen molar-refractivity contribution in [2.75, 3.05) is 0 Å². The zero-order chi connectivity index (χ0) is 16.7. The van der Waals surface area contributed by atoms with Gasteiger partial charge in [0, 0.05) is 24.3 Å². The highest BCUT2D eigenvalue weighted by molar-refractivity contribution is 7.98. The van der Waals surface area contributed by atoms with Gasteiger partial charge in [0.25, 0.3) is 5.56 Å². The monoisotopic (exact) mass is 362 g/mol. The molecule has 0 spiro atoms. The van der Waals surface area contributed by atoms with Gasteiger partial charge in [0.15, 0.2) is 5.16 Å². The molecule has 0 saturated heterocycles. The van der Waals surface area contributed by atoms with Gasteiger partial charge in [-0.15, -0.1) is 10.2 Å². The molecular formula is C15H18N6OS2. The zero-order valence-corrected chi connectivity index (χ0v) is 15.2. The minimum Gasteiger partial charge on any atom is -0.306 e. The minimum absolute atomic E-state index is 0.123. The second-order valence-corrected chi connectivity index (χ2v) is 7.76. The van der Waals surface area contributed by atoms with Gasteiger partial charge in [0.05, 0.1) is 5.69 Å². The van der Waals surface area contributed by atoms with Crippen LogP contribution in [0.1, 0.15) is 49.1 Å². The summed E-state index contributed by atoms with van der Waals surface area (Å²) in [6.45, 7) is 5.00. The third kappa shape index (κ3) is 2.86. The fourth-order valence-corrected chi connectivity index (χ4v) is 4.36. The molecule has 4 rings (SSSR count). The van der Waals surface area contributed by atoms with E-state index in [2.05, 4.69) is 31.8 Å². The second-order valence-electron chi connectivity index (χ2n) is 5.78. The summed E-state index contributed by atoms with van der Waals surface area (Å²) in [7, 11) is 0. The maximum Gasteiger partial charge on any atom is 0.275 e. The molecule has 0 unspecified atom stereocenters. The van der Waals surface area contributed by atoms with E-state index in [4.69, 9.17) is 0 Å².